The Morgan fingerprint density at radius 3 is 2.64 bits per heavy atom. The number of hydrogen-bond acceptors (Lipinski definition) is 3. The molecule has 116 valence electrons. The molecule has 1 fully saturated rings. The van der Waals surface area contributed by atoms with E-state index in [9.17, 15) is 9.59 Å². The zero-order valence-corrected chi connectivity index (χ0v) is 13.0. The molecule has 0 bridgehead atoms. The van der Waals surface area contributed by atoms with Gasteiger partial charge in [-0.05, 0) is 30.4 Å². The maximum absolute atomic E-state index is 12.5. The monoisotopic (exact) mass is 299 g/mol. The summed E-state index contributed by atoms with van der Waals surface area (Å²) in [5, 5.41) is 0.554. The molecule has 0 radical (unpaired) electrons. The van der Waals surface area contributed by atoms with Crippen LogP contribution in [0.4, 0.5) is 0 Å². The van der Waals surface area contributed by atoms with Crippen LogP contribution in [0.1, 0.15) is 20.3 Å². The number of likely N-dealkylation sites (tertiary alicyclic amines) is 1. The first kappa shape index (κ1) is 14.8. The van der Waals surface area contributed by atoms with Gasteiger partial charge in [-0.25, -0.2) is 4.98 Å². The normalized spacial score (nSPS) is 22.0. The first-order valence-corrected chi connectivity index (χ1v) is 7.76. The molecule has 5 heteroatoms. The highest BCUT2D eigenvalue weighted by Crippen LogP contribution is 2.21. The lowest BCUT2D eigenvalue weighted by Crippen LogP contribution is -2.44. The van der Waals surface area contributed by atoms with E-state index < -0.39 is 0 Å². The molecule has 5 nitrogen and oxygen atoms in total. The summed E-state index contributed by atoms with van der Waals surface area (Å²) in [5.41, 5.74) is 0.508. The predicted octanol–water partition coefficient (Wildman–Crippen LogP) is 1.90. The summed E-state index contributed by atoms with van der Waals surface area (Å²) in [6, 6.07) is 7.21. The Morgan fingerprint density at radius 1 is 1.23 bits per heavy atom. The highest BCUT2D eigenvalue weighted by Gasteiger charge is 2.25. The summed E-state index contributed by atoms with van der Waals surface area (Å²) >= 11 is 0. The van der Waals surface area contributed by atoms with E-state index in [0.717, 1.165) is 19.5 Å². The van der Waals surface area contributed by atoms with Gasteiger partial charge in [-0.15, -0.1) is 0 Å². The van der Waals surface area contributed by atoms with Crippen molar-refractivity contribution in [3.63, 3.8) is 0 Å². The Kier molecular flexibility index (Phi) is 3.96. The van der Waals surface area contributed by atoms with Crippen LogP contribution in [0, 0.1) is 11.8 Å². The highest BCUT2D eigenvalue weighted by molar-refractivity contribution is 5.79. The Balaban J connectivity index is 1.82. The zero-order valence-electron chi connectivity index (χ0n) is 13.0. The van der Waals surface area contributed by atoms with Crippen molar-refractivity contribution in [1.29, 1.82) is 0 Å². The van der Waals surface area contributed by atoms with E-state index >= 15 is 0 Å². The van der Waals surface area contributed by atoms with Crippen molar-refractivity contribution in [3.05, 3.63) is 40.9 Å². The minimum absolute atomic E-state index is 0.00224. The van der Waals surface area contributed by atoms with Gasteiger partial charge in [-0.3, -0.25) is 14.2 Å². The molecule has 1 saturated heterocycles. The van der Waals surface area contributed by atoms with E-state index in [4.69, 9.17) is 0 Å². The zero-order chi connectivity index (χ0) is 15.7. The number of piperidine rings is 1. The Bertz CT molecular complexity index is 743. The lowest BCUT2D eigenvalue weighted by atomic mass is 9.92. The van der Waals surface area contributed by atoms with Crippen molar-refractivity contribution in [3.8, 4) is 0 Å². The van der Waals surface area contributed by atoms with Crippen molar-refractivity contribution < 1.29 is 4.79 Å². The van der Waals surface area contributed by atoms with Gasteiger partial charge in [0.2, 0.25) is 5.91 Å². The summed E-state index contributed by atoms with van der Waals surface area (Å²) in [6.07, 6.45) is 2.63. The van der Waals surface area contributed by atoms with Crippen LogP contribution in [-0.4, -0.2) is 33.4 Å². The molecule has 1 aromatic carbocycles. The average molecular weight is 299 g/mol. The molecule has 0 saturated carbocycles. The van der Waals surface area contributed by atoms with E-state index in [0.29, 0.717) is 22.7 Å². The number of fused-ring (bicyclic) bond motifs is 1. The molecule has 1 aliphatic heterocycles. The number of amides is 1. The lowest BCUT2D eigenvalue weighted by molar-refractivity contribution is -0.134. The van der Waals surface area contributed by atoms with Gasteiger partial charge in [0, 0.05) is 13.1 Å². The SMILES string of the molecule is C[C@@H]1C[C@@H](C)CN(C(=O)Cn2cnc3ccccc3c2=O)C1. The number of aromatic nitrogens is 2. The number of hydrogen-bond donors (Lipinski definition) is 0. The third-order valence-electron chi connectivity index (χ3n) is 4.26. The summed E-state index contributed by atoms with van der Waals surface area (Å²) in [5.74, 6) is 1.02. The smallest absolute Gasteiger partial charge is 0.261 e. The number of para-hydroxylation sites is 1. The molecule has 2 aromatic rings. The lowest BCUT2D eigenvalue weighted by Gasteiger charge is -2.35. The average Bonchev–Trinajstić information content (AvgIpc) is 2.49. The molecule has 3 rings (SSSR count). The topological polar surface area (TPSA) is 55.2 Å². The third-order valence-corrected chi connectivity index (χ3v) is 4.26. The molecule has 1 aromatic heterocycles. The quantitative estimate of drug-likeness (QED) is 0.851. The number of benzene rings is 1. The summed E-state index contributed by atoms with van der Waals surface area (Å²) in [7, 11) is 0. The van der Waals surface area contributed by atoms with Gasteiger partial charge in [0.05, 0.1) is 17.2 Å². The Labute approximate surface area is 129 Å². The minimum Gasteiger partial charge on any atom is -0.341 e. The standard InChI is InChI=1S/C17H21N3O2/c1-12-7-13(2)9-19(8-12)16(21)10-20-11-18-15-6-4-3-5-14(15)17(20)22/h3-6,11-13H,7-10H2,1-2H3/t12-,13-/m1/s1. The maximum Gasteiger partial charge on any atom is 0.261 e. The molecule has 2 heterocycles. The summed E-state index contributed by atoms with van der Waals surface area (Å²) in [4.78, 5) is 31.1. The fourth-order valence-corrected chi connectivity index (χ4v) is 3.33. The van der Waals surface area contributed by atoms with E-state index in [1.807, 2.05) is 17.0 Å². The number of nitrogens with zero attached hydrogens (tertiary/aromatic N) is 3. The minimum atomic E-state index is -0.156. The second-order valence-electron chi connectivity index (χ2n) is 6.44. The molecule has 0 unspecified atom stereocenters. The van der Waals surface area contributed by atoms with Crippen molar-refractivity contribution in [2.45, 2.75) is 26.8 Å². The van der Waals surface area contributed by atoms with E-state index in [1.54, 1.807) is 12.1 Å². The molecule has 0 N–H and O–H groups in total. The molecule has 0 aliphatic carbocycles. The fraction of sp³-hybridized carbons (Fsp3) is 0.471. The van der Waals surface area contributed by atoms with Gasteiger partial charge < -0.3 is 4.90 Å². The van der Waals surface area contributed by atoms with Gasteiger partial charge >= 0.3 is 0 Å². The van der Waals surface area contributed by atoms with Gasteiger partial charge in [-0.2, -0.15) is 0 Å². The van der Waals surface area contributed by atoms with Crippen molar-refractivity contribution in [1.82, 2.24) is 14.5 Å². The van der Waals surface area contributed by atoms with Crippen LogP contribution in [0.2, 0.25) is 0 Å². The highest BCUT2D eigenvalue weighted by atomic mass is 16.2. The first-order chi connectivity index (χ1) is 10.5. The molecule has 1 aliphatic rings. The van der Waals surface area contributed by atoms with Crippen LogP contribution in [0.3, 0.4) is 0 Å². The summed E-state index contributed by atoms with van der Waals surface area (Å²) in [6.45, 7) is 5.95. The van der Waals surface area contributed by atoms with Crippen LogP contribution >= 0.6 is 0 Å². The van der Waals surface area contributed by atoms with Crippen LogP contribution in [0.25, 0.3) is 10.9 Å². The van der Waals surface area contributed by atoms with Gasteiger partial charge in [0.1, 0.15) is 6.54 Å². The molecule has 1 amide bonds. The van der Waals surface area contributed by atoms with Gasteiger partial charge in [0.15, 0.2) is 0 Å². The molecule has 0 spiro atoms. The van der Waals surface area contributed by atoms with Crippen LogP contribution in [0.15, 0.2) is 35.4 Å². The van der Waals surface area contributed by atoms with Crippen LogP contribution in [-0.2, 0) is 11.3 Å². The third kappa shape index (κ3) is 2.89. The van der Waals surface area contributed by atoms with Crippen LogP contribution in [0.5, 0.6) is 0 Å². The van der Waals surface area contributed by atoms with Crippen molar-refractivity contribution in [2.75, 3.05) is 13.1 Å². The van der Waals surface area contributed by atoms with E-state index in [-0.39, 0.29) is 18.0 Å². The van der Waals surface area contributed by atoms with Gasteiger partial charge in [0.25, 0.3) is 5.56 Å². The summed E-state index contributed by atoms with van der Waals surface area (Å²) < 4.78 is 1.41. The van der Waals surface area contributed by atoms with Crippen molar-refractivity contribution in [2.24, 2.45) is 11.8 Å². The maximum atomic E-state index is 12.5. The number of carbonyl (C=O) groups is 1. The largest absolute Gasteiger partial charge is 0.341 e. The van der Waals surface area contributed by atoms with E-state index in [1.165, 1.54) is 10.9 Å². The second-order valence-corrected chi connectivity index (χ2v) is 6.44. The Morgan fingerprint density at radius 2 is 1.91 bits per heavy atom. The molecular formula is C17H21N3O2. The van der Waals surface area contributed by atoms with Crippen LogP contribution < -0.4 is 5.56 Å². The first-order valence-electron chi connectivity index (χ1n) is 7.76. The molecule has 2 atom stereocenters. The van der Waals surface area contributed by atoms with E-state index in [2.05, 4.69) is 18.8 Å². The van der Waals surface area contributed by atoms with Gasteiger partial charge in [-0.1, -0.05) is 26.0 Å². The molecular weight excluding hydrogens is 278 g/mol. The Hall–Kier alpha value is -2.17. The predicted molar refractivity (Wildman–Crippen MR) is 85.5 cm³/mol. The number of rotatable bonds is 2. The fourth-order valence-electron chi connectivity index (χ4n) is 3.33. The van der Waals surface area contributed by atoms with Crippen molar-refractivity contribution >= 4 is 16.8 Å². The number of carbonyl (C=O) groups excluding carboxylic acids is 1. The second kappa shape index (κ2) is 5.91. The molecule has 22 heavy (non-hydrogen) atoms.